The molecule has 0 N–H and O–H groups in total. The van der Waals surface area contributed by atoms with Crippen LogP contribution in [-0.2, 0) is 16.0 Å². The fourth-order valence-electron chi connectivity index (χ4n) is 2.47. The maximum atomic E-state index is 12.2. The molecule has 0 spiro atoms. The Morgan fingerprint density at radius 1 is 1.25 bits per heavy atom. The minimum absolute atomic E-state index is 0.185. The van der Waals surface area contributed by atoms with Crippen molar-refractivity contribution in [2.75, 3.05) is 6.61 Å². The highest BCUT2D eigenvalue weighted by Gasteiger charge is 2.34. The van der Waals surface area contributed by atoms with E-state index in [4.69, 9.17) is 4.74 Å². The minimum Gasteiger partial charge on any atom is -0.447 e. The molecule has 0 aliphatic carbocycles. The van der Waals surface area contributed by atoms with Crippen LogP contribution in [0.3, 0.4) is 0 Å². The van der Waals surface area contributed by atoms with E-state index in [0.29, 0.717) is 0 Å². The van der Waals surface area contributed by atoms with Crippen LogP contribution in [0.2, 0.25) is 0 Å². The van der Waals surface area contributed by atoms with Crippen molar-refractivity contribution in [1.29, 1.82) is 0 Å². The second-order valence-corrected chi connectivity index (χ2v) is 5.05. The van der Waals surface area contributed by atoms with E-state index in [1.54, 1.807) is 0 Å². The molecule has 3 rings (SSSR count). The zero-order valence-corrected chi connectivity index (χ0v) is 11.2. The van der Waals surface area contributed by atoms with Gasteiger partial charge in [-0.15, -0.1) is 0 Å². The molecule has 0 saturated carbocycles. The van der Waals surface area contributed by atoms with E-state index in [-0.39, 0.29) is 25.0 Å². The van der Waals surface area contributed by atoms with Crippen LogP contribution in [0.15, 0.2) is 42.5 Å². The van der Waals surface area contributed by atoms with Crippen molar-refractivity contribution in [1.82, 2.24) is 4.90 Å². The van der Waals surface area contributed by atoms with Gasteiger partial charge in [0.1, 0.15) is 6.61 Å². The average molecular weight is 269 g/mol. The van der Waals surface area contributed by atoms with Gasteiger partial charge in [0.2, 0.25) is 5.91 Å². The van der Waals surface area contributed by atoms with Crippen molar-refractivity contribution >= 4 is 22.8 Å². The van der Waals surface area contributed by atoms with Crippen LogP contribution >= 0.6 is 0 Å². The van der Waals surface area contributed by atoms with E-state index >= 15 is 0 Å². The van der Waals surface area contributed by atoms with Crippen molar-refractivity contribution in [2.45, 2.75) is 19.4 Å². The molecule has 4 nitrogen and oxygen atoms in total. The quantitative estimate of drug-likeness (QED) is 0.842. The summed E-state index contributed by atoms with van der Waals surface area (Å²) in [5.41, 5.74) is 0.903. The zero-order chi connectivity index (χ0) is 14.1. The van der Waals surface area contributed by atoms with Crippen molar-refractivity contribution in [3.8, 4) is 0 Å². The Bertz CT molecular complexity index is 680. The SMILES string of the molecule is C[C@H]1COC(=O)N1C(=O)Cc1ccc2ccccc2c1. The number of fused-ring (bicyclic) bond motifs is 1. The van der Waals surface area contributed by atoms with E-state index in [9.17, 15) is 9.59 Å². The summed E-state index contributed by atoms with van der Waals surface area (Å²) in [5.74, 6) is -0.213. The third kappa shape index (κ3) is 2.25. The average Bonchev–Trinajstić information content (AvgIpc) is 2.78. The molecular formula is C16H15NO3. The molecule has 1 fully saturated rings. The Morgan fingerprint density at radius 2 is 2.00 bits per heavy atom. The number of imide groups is 1. The summed E-state index contributed by atoms with van der Waals surface area (Å²) >= 11 is 0. The molecule has 0 aromatic heterocycles. The first-order valence-corrected chi connectivity index (χ1v) is 6.61. The highest BCUT2D eigenvalue weighted by molar-refractivity contribution is 5.95. The summed E-state index contributed by atoms with van der Waals surface area (Å²) in [7, 11) is 0. The van der Waals surface area contributed by atoms with Crippen molar-refractivity contribution in [3.63, 3.8) is 0 Å². The van der Waals surface area contributed by atoms with Crippen LogP contribution in [0.4, 0.5) is 4.79 Å². The molecule has 0 unspecified atom stereocenters. The number of amides is 2. The molecule has 2 aromatic rings. The van der Waals surface area contributed by atoms with Gasteiger partial charge in [-0.05, 0) is 23.3 Å². The van der Waals surface area contributed by atoms with Gasteiger partial charge in [-0.2, -0.15) is 0 Å². The highest BCUT2D eigenvalue weighted by Crippen LogP contribution is 2.18. The molecule has 1 heterocycles. The van der Waals surface area contributed by atoms with Gasteiger partial charge in [-0.3, -0.25) is 4.79 Å². The topological polar surface area (TPSA) is 46.6 Å². The maximum absolute atomic E-state index is 12.2. The number of cyclic esters (lactones) is 1. The fraction of sp³-hybridized carbons (Fsp3) is 0.250. The second-order valence-electron chi connectivity index (χ2n) is 5.05. The number of rotatable bonds is 2. The first kappa shape index (κ1) is 12.7. The minimum atomic E-state index is -0.539. The van der Waals surface area contributed by atoms with Crippen LogP contribution in [0, 0.1) is 0 Å². The number of hydrogen-bond donors (Lipinski definition) is 0. The van der Waals surface area contributed by atoms with Crippen LogP contribution in [-0.4, -0.2) is 29.5 Å². The number of benzene rings is 2. The second kappa shape index (κ2) is 4.96. The predicted octanol–water partition coefficient (Wildman–Crippen LogP) is 2.75. The summed E-state index contributed by atoms with van der Waals surface area (Å²) in [6.07, 6.45) is -0.326. The van der Waals surface area contributed by atoms with Crippen molar-refractivity contribution in [2.24, 2.45) is 0 Å². The molecule has 2 aromatic carbocycles. The number of ether oxygens (including phenoxy) is 1. The summed E-state index contributed by atoms with van der Waals surface area (Å²) in [6, 6.07) is 13.7. The molecule has 1 saturated heterocycles. The van der Waals surface area contributed by atoms with E-state index in [1.807, 2.05) is 49.4 Å². The monoisotopic (exact) mass is 269 g/mol. The summed E-state index contributed by atoms with van der Waals surface area (Å²) in [4.78, 5) is 24.9. The number of carbonyl (C=O) groups excluding carboxylic acids is 2. The Labute approximate surface area is 116 Å². The predicted molar refractivity (Wildman–Crippen MR) is 75.3 cm³/mol. The van der Waals surface area contributed by atoms with Gasteiger partial charge < -0.3 is 4.74 Å². The first-order chi connectivity index (χ1) is 9.65. The third-order valence-electron chi connectivity index (χ3n) is 3.52. The Morgan fingerprint density at radius 3 is 2.70 bits per heavy atom. The number of carbonyl (C=O) groups is 2. The molecule has 1 aliphatic heterocycles. The molecule has 4 heteroatoms. The van der Waals surface area contributed by atoms with Crippen LogP contribution < -0.4 is 0 Å². The number of nitrogens with zero attached hydrogens (tertiary/aromatic N) is 1. The molecule has 0 radical (unpaired) electrons. The van der Waals surface area contributed by atoms with Gasteiger partial charge >= 0.3 is 6.09 Å². The Hall–Kier alpha value is -2.36. The van der Waals surface area contributed by atoms with E-state index in [2.05, 4.69) is 0 Å². The van der Waals surface area contributed by atoms with Gasteiger partial charge in [-0.1, -0.05) is 42.5 Å². The maximum Gasteiger partial charge on any atom is 0.416 e. The van der Waals surface area contributed by atoms with Gasteiger partial charge in [0.25, 0.3) is 0 Å². The number of hydrogen-bond acceptors (Lipinski definition) is 3. The summed E-state index contributed by atoms with van der Waals surface area (Å²) in [5, 5.41) is 2.23. The largest absolute Gasteiger partial charge is 0.447 e. The molecular weight excluding hydrogens is 254 g/mol. The lowest BCUT2D eigenvalue weighted by molar-refractivity contribution is -0.128. The van der Waals surface area contributed by atoms with Crippen LogP contribution in [0.5, 0.6) is 0 Å². The van der Waals surface area contributed by atoms with Gasteiger partial charge in [-0.25, -0.2) is 9.69 Å². The summed E-state index contributed by atoms with van der Waals surface area (Å²) in [6.45, 7) is 2.09. The molecule has 2 amide bonds. The Balaban J connectivity index is 1.82. The van der Waals surface area contributed by atoms with E-state index in [0.717, 1.165) is 16.3 Å². The Kier molecular flexibility index (Phi) is 3.14. The van der Waals surface area contributed by atoms with E-state index in [1.165, 1.54) is 4.90 Å². The standard InChI is InChI=1S/C16H15NO3/c1-11-10-20-16(19)17(11)15(18)9-12-6-7-13-4-2-3-5-14(13)8-12/h2-8,11H,9-10H2,1H3/t11-/m0/s1. The smallest absolute Gasteiger partial charge is 0.416 e. The lowest BCUT2D eigenvalue weighted by atomic mass is 10.0. The van der Waals surface area contributed by atoms with Crippen molar-refractivity contribution < 1.29 is 14.3 Å². The van der Waals surface area contributed by atoms with Gasteiger partial charge in [0.15, 0.2) is 0 Å². The lowest BCUT2D eigenvalue weighted by Gasteiger charge is -2.15. The molecule has 102 valence electrons. The summed E-state index contributed by atoms with van der Waals surface area (Å²) < 4.78 is 4.87. The first-order valence-electron chi connectivity index (χ1n) is 6.61. The molecule has 0 bridgehead atoms. The third-order valence-corrected chi connectivity index (χ3v) is 3.52. The molecule has 20 heavy (non-hydrogen) atoms. The van der Waals surface area contributed by atoms with Crippen molar-refractivity contribution in [3.05, 3.63) is 48.0 Å². The van der Waals surface area contributed by atoms with Gasteiger partial charge in [0, 0.05) is 0 Å². The lowest BCUT2D eigenvalue weighted by Crippen LogP contribution is -2.38. The normalized spacial score (nSPS) is 18.4. The highest BCUT2D eigenvalue weighted by atomic mass is 16.6. The van der Waals surface area contributed by atoms with Gasteiger partial charge in [0.05, 0.1) is 12.5 Å². The zero-order valence-electron chi connectivity index (χ0n) is 11.2. The fourth-order valence-corrected chi connectivity index (χ4v) is 2.47. The molecule has 1 aliphatic rings. The molecule has 1 atom stereocenters. The van der Waals surface area contributed by atoms with Crippen LogP contribution in [0.1, 0.15) is 12.5 Å². The van der Waals surface area contributed by atoms with E-state index < -0.39 is 6.09 Å². The van der Waals surface area contributed by atoms with Crippen LogP contribution in [0.25, 0.3) is 10.8 Å².